The number of nitrogens with two attached hydrogens (primary N) is 1. The number of anilines is 1. The van der Waals surface area contributed by atoms with Crippen molar-refractivity contribution in [1.82, 2.24) is 9.88 Å². The second-order valence-corrected chi connectivity index (χ2v) is 8.10. The lowest BCUT2D eigenvalue weighted by Gasteiger charge is -2.37. The van der Waals surface area contributed by atoms with Gasteiger partial charge in [-0.1, -0.05) is 13.8 Å². The topological polar surface area (TPSA) is 71.2 Å². The van der Waals surface area contributed by atoms with E-state index >= 15 is 0 Å². The van der Waals surface area contributed by atoms with Crippen molar-refractivity contribution in [3.8, 4) is 0 Å². The molecule has 1 amide bonds. The van der Waals surface area contributed by atoms with Gasteiger partial charge in [0.25, 0.3) is 5.91 Å². The molecule has 1 aliphatic rings. The maximum Gasteiger partial charge on any atom is 0.254 e. The van der Waals surface area contributed by atoms with Crippen molar-refractivity contribution in [1.29, 1.82) is 0 Å². The second kappa shape index (κ2) is 6.23. The fraction of sp³-hybridized carbons (Fsp3) is 0.600. The predicted octanol–water partition coefficient (Wildman–Crippen LogP) is 2.46. The third-order valence-electron chi connectivity index (χ3n) is 3.54. The Morgan fingerprint density at radius 2 is 2.19 bits per heavy atom. The molecular formula is C15H24N4OS. The van der Waals surface area contributed by atoms with Crippen LogP contribution in [0.15, 0.2) is 12.1 Å². The Hall–Kier alpha value is -1.27. The molecule has 2 heterocycles. The van der Waals surface area contributed by atoms with Crippen molar-refractivity contribution in [2.24, 2.45) is 5.84 Å². The van der Waals surface area contributed by atoms with E-state index in [1.165, 1.54) is 0 Å². The zero-order valence-electron chi connectivity index (χ0n) is 13.1. The molecule has 0 unspecified atom stereocenters. The monoisotopic (exact) mass is 308 g/mol. The van der Waals surface area contributed by atoms with Gasteiger partial charge in [0.1, 0.15) is 5.82 Å². The first-order valence-electron chi connectivity index (χ1n) is 7.24. The molecule has 0 atom stereocenters. The Bertz CT molecular complexity index is 530. The predicted molar refractivity (Wildman–Crippen MR) is 88.6 cm³/mol. The van der Waals surface area contributed by atoms with Gasteiger partial charge in [-0.15, -0.1) is 0 Å². The van der Waals surface area contributed by atoms with E-state index in [4.69, 9.17) is 5.84 Å². The number of nitrogens with one attached hydrogen (secondary N) is 1. The minimum atomic E-state index is 0.0594. The van der Waals surface area contributed by atoms with Gasteiger partial charge in [0.2, 0.25) is 0 Å². The van der Waals surface area contributed by atoms with Gasteiger partial charge in [-0.2, -0.15) is 11.8 Å². The second-order valence-electron chi connectivity index (χ2n) is 6.30. The van der Waals surface area contributed by atoms with Crippen LogP contribution >= 0.6 is 11.8 Å². The number of amides is 1. The summed E-state index contributed by atoms with van der Waals surface area (Å²) in [6.07, 6.45) is 0. The van der Waals surface area contributed by atoms with Gasteiger partial charge < -0.3 is 10.3 Å². The smallest absolute Gasteiger partial charge is 0.254 e. The molecule has 1 saturated heterocycles. The number of rotatable bonds is 3. The Morgan fingerprint density at radius 3 is 2.76 bits per heavy atom. The molecule has 0 aromatic carbocycles. The lowest BCUT2D eigenvalue weighted by atomic mass is 10.1. The van der Waals surface area contributed by atoms with Crippen LogP contribution in [0.1, 0.15) is 49.7 Å². The first kappa shape index (κ1) is 16.1. The minimum absolute atomic E-state index is 0.0594. The Balaban J connectivity index is 2.28. The zero-order chi connectivity index (χ0) is 15.6. The highest BCUT2D eigenvalue weighted by Crippen LogP contribution is 2.30. The zero-order valence-corrected chi connectivity index (χ0v) is 14.0. The third-order valence-corrected chi connectivity index (χ3v) is 4.84. The standard InChI is InChI=1S/C15H24N4OS/c1-10(2)12-7-11(8-13(17-12)18-16)14(20)19-5-6-21-15(3,4)9-19/h7-8,10H,5-6,9,16H2,1-4H3,(H,17,18). The average Bonchev–Trinajstić information content (AvgIpc) is 2.44. The molecule has 6 heteroatoms. The summed E-state index contributed by atoms with van der Waals surface area (Å²) in [5.41, 5.74) is 4.08. The summed E-state index contributed by atoms with van der Waals surface area (Å²) < 4.78 is 0.108. The number of hydrogen-bond acceptors (Lipinski definition) is 5. The molecule has 1 aromatic heterocycles. The van der Waals surface area contributed by atoms with E-state index in [0.717, 1.165) is 24.5 Å². The quantitative estimate of drug-likeness (QED) is 0.663. The van der Waals surface area contributed by atoms with E-state index < -0.39 is 0 Å². The van der Waals surface area contributed by atoms with E-state index in [1.807, 2.05) is 22.7 Å². The molecule has 5 nitrogen and oxygen atoms in total. The minimum Gasteiger partial charge on any atom is -0.336 e. The molecule has 0 aliphatic carbocycles. The fourth-order valence-electron chi connectivity index (χ4n) is 2.42. The largest absolute Gasteiger partial charge is 0.336 e. The molecule has 1 fully saturated rings. The highest BCUT2D eigenvalue weighted by Gasteiger charge is 2.30. The van der Waals surface area contributed by atoms with Crippen molar-refractivity contribution in [3.63, 3.8) is 0 Å². The van der Waals surface area contributed by atoms with Crippen LogP contribution in [0.3, 0.4) is 0 Å². The van der Waals surface area contributed by atoms with Crippen molar-refractivity contribution in [2.45, 2.75) is 38.4 Å². The summed E-state index contributed by atoms with van der Waals surface area (Å²) in [5, 5.41) is 0. The van der Waals surface area contributed by atoms with Crippen molar-refractivity contribution >= 4 is 23.5 Å². The average molecular weight is 308 g/mol. The van der Waals surface area contributed by atoms with Crippen molar-refractivity contribution in [2.75, 3.05) is 24.3 Å². The molecule has 3 N–H and O–H groups in total. The number of carbonyl (C=O) groups excluding carboxylic acids is 1. The number of hydrogen-bond donors (Lipinski definition) is 2. The maximum atomic E-state index is 12.8. The number of nitrogen functional groups attached to an aromatic ring is 1. The normalized spacial score (nSPS) is 17.9. The van der Waals surface area contributed by atoms with Gasteiger partial charge in [-0.3, -0.25) is 4.79 Å². The first-order chi connectivity index (χ1) is 9.82. The van der Waals surface area contributed by atoms with E-state index in [2.05, 4.69) is 38.1 Å². The molecule has 1 aromatic rings. The lowest BCUT2D eigenvalue weighted by Crippen LogP contribution is -2.46. The number of carbonyl (C=O) groups is 1. The summed E-state index contributed by atoms with van der Waals surface area (Å²) in [6.45, 7) is 10.0. The number of thioether (sulfide) groups is 1. The van der Waals surface area contributed by atoms with Crippen LogP contribution in [-0.4, -0.2) is 39.4 Å². The fourth-order valence-corrected chi connectivity index (χ4v) is 3.53. The van der Waals surface area contributed by atoms with Crippen LogP contribution in [0.4, 0.5) is 5.82 Å². The molecule has 116 valence electrons. The number of hydrazine groups is 1. The Kier molecular flexibility index (Phi) is 4.78. The summed E-state index contributed by atoms with van der Waals surface area (Å²) in [5.74, 6) is 7.29. The van der Waals surface area contributed by atoms with Crippen LogP contribution < -0.4 is 11.3 Å². The molecule has 0 bridgehead atoms. The summed E-state index contributed by atoms with van der Waals surface area (Å²) >= 11 is 1.91. The van der Waals surface area contributed by atoms with Gasteiger partial charge in [-0.05, 0) is 31.9 Å². The van der Waals surface area contributed by atoms with Gasteiger partial charge in [0, 0.05) is 34.8 Å². The Morgan fingerprint density at radius 1 is 1.48 bits per heavy atom. The molecule has 2 rings (SSSR count). The summed E-state index contributed by atoms with van der Waals surface area (Å²) in [4.78, 5) is 19.1. The SMILES string of the molecule is CC(C)c1cc(C(=O)N2CCSC(C)(C)C2)cc(NN)n1. The molecule has 0 radical (unpaired) electrons. The molecular weight excluding hydrogens is 284 g/mol. The molecule has 0 spiro atoms. The van der Waals surface area contributed by atoms with Crippen LogP contribution in [0, 0.1) is 0 Å². The van der Waals surface area contributed by atoms with Gasteiger partial charge in [0.05, 0.1) is 0 Å². The van der Waals surface area contributed by atoms with Crippen LogP contribution in [0.5, 0.6) is 0 Å². The van der Waals surface area contributed by atoms with E-state index in [-0.39, 0.29) is 16.6 Å². The van der Waals surface area contributed by atoms with Crippen molar-refractivity contribution < 1.29 is 4.79 Å². The molecule has 0 saturated carbocycles. The highest BCUT2D eigenvalue weighted by molar-refractivity contribution is 8.00. The summed E-state index contributed by atoms with van der Waals surface area (Å²) in [6, 6.07) is 3.60. The van der Waals surface area contributed by atoms with Crippen LogP contribution in [0.2, 0.25) is 0 Å². The number of pyridine rings is 1. The van der Waals surface area contributed by atoms with Gasteiger partial charge in [0.15, 0.2) is 0 Å². The highest BCUT2D eigenvalue weighted by atomic mass is 32.2. The molecule has 1 aliphatic heterocycles. The van der Waals surface area contributed by atoms with Crippen LogP contribution in [-0.2, 0) is 0 Å². The molecule has 21 heavy (non-hydrogen) atoms. The number of nitrogens with zero attached hydrogens (tertiary/aromatic N) is 2. The van der Waals surface area contributed by atoms with E-state index in [9.17, 15) is 4.79 Å². The van der Waals surface area contributed by atoms with Gasteiger partial charge >= 0.3 is 0 Å². The Labute approximate surface area is 130 Å². The van der Waals surface area contributed by atoms with Crippen LogP contribution in [0.25, 0.3) is 0 Å². The summed E-state index contributed by atoms with van der Waals surface area (Å²) in [7, 11) is 0. The number of aromatic nitrogens is 1. The van der Waals surface area contributed by atoms with E-state index in [0.29, 0.717) is 11.4 Å². The van der Waals surface area contributed by atoms with Crippen molar-refractivity contribution in [3.05, 3.63) is 23.4 Å². The first-order valence-corrected chi connectivity index (χ1v) is 8.23. The third kappa shape index (κ3) is 3.89. The maximum absolute atomic E-state index is 12.8. The van der Waals surface area contributed by atoms with Gasteiger partial charge in [-0.25, -0.2) is 10.8 Å². The van der Waals surface area contributed by atoms with E-state index in [1.54, 1.807) is 6.07 Å². The lowest BCUT2D eigenvalue weighted by molar-refractivity contribution is 0.0748.